The van der Waals surface area contributed by atoms with Crippen molar-refractivity contribution in [2.75, 3.05) is 4.90 Å². The van der Waals surface area contributed by atoms with Gasteiger partial charge in [-0.05, 0) is 57.3 Å². The summed E-state index contributed by atoms with van der Waals surface area (Å²) in [5, 5.41) is 8.98. The molecule has 5 aromatic carbocycles. The first kappa shape index (κ1) is 20.9. The van der Waals surface area contributed by atoms with Crippen LogP contribution in [0.15, 0.2) is 132 Å². The van der Waals surface area contributed by atoms with Crippen molar-refractivity contribution in [3.8, 4) is 0 Å². The molecule has 0 unspecified atom stereocenters. The summed E-state index contributed by atoms with van der Waals surface area (Å²) in [6.45, 7) is 0. The van der Waals surface area contributed by atoms with Crippen molar-refractivity contribution in [3.63, 3.8) is 0 Å². The summed E-state index contributed by atoms with van der Waals surface area (Å²) in [6, 6.07) is 39.9. The Kier molecular flexibility index (Phi) is 4.49. The average Bonchev–Trinajstić information content (AvgIpc) is 3.32. The van der Waals surface area contributed by atoms with Crippen LogP contribution in [0, 0.1) is 0 Å². The van der Waals surface area contributed by atoms with Gasteiger partial charge < -0.3 is 4.42 Å². The van der Waals surface area contributed by atoms with E-state index in [2.05, 4.69) is 108 Å². The minimum atomic E-state index is 0.749. The van der Waals surface area contributed by atoms with E-state index in [1.54, 1.807) is 0 Å². The molecule has 3 aromatic heterocycles. The van der Waals surface area contributed by atoms with Gasteiger partial charge in [-0.15, -0.1) is 0 Å². The van der Waals surface area contributed by atoms with E-state index in [-0.39, 0.29) is 0 Å². The van der Waals surface area contributed by atoms with Crippen LogP contribution in [0.25, 0.3) is 54.3 Å². The molecule has 38 heavy (non-hydrogen) atoms. The Balaban J connectivity index is 1.35. The first-order valence-corrected chi connectivity index (χ1v) is 12.6. The Hall–Kier alpha value is -5.22. The summed E-state index contributed by atoms with van der Waals surface area (Å²) in [7, 11) is 0. The summed E-state index contributed by atoms with van der Waals surface area (Å²) in [6.07, 6.45) is 3.84. The monoisotopic (exact) mass is 487 g/mol. The molecule has 0 aliphatic carbocycles. The van der Waals surface area contributed by atoms with Gasteiger partial charge in [0, 0.05) is 40.3 Å². The second-order valence-corrected chi connectivity index (χ2v) is 9.59. The van der Waals surface area contributed by atoms with Crippen molar-refractivity contribution in [2.24, 2.45) is 0 Å². The molecule has 4 heteroatoms. The predicted octanol–water partition coefficient (Wildman–Crippen LogP) is 9.31. The van der Waals surface area contributed by atoms with E-state index < -0.39 is 0 Å². The molecule has 0 bridgehead atoms. The summed E-state index contributed by atoms with van der Waals surface area (Å²) in [4.78, 5) is 11.9. The summed E-state index contributed by atoms with van der Waals surface area (Å²) in [5.41, 5.74) is 2.64. The van der Waals surface area contributed by atoms with Crippen molar-refractivity contribution in [3.05, 3.63) is 128 Å². The van der Waals surface area contributed by atoms with Crippen LogP contribution in [0.3, 0.4) is 0 Å². The smallest absolute Gasteiger partial charge is 0.142 e. The quantitative estimate of drug-likeness (QED) is 0.249. The number of hydrogen-bond donors (Lipinski definition) is 0. The van der Waals surface area contributed by atoms with Gasteiger partial charge in [0.15, 0.2) is 0 Å². The van der Waals surface area contributed by atoms with Crippen LogP contribution in [0.2, 0.25) is 0 Å². The Morgan fingerprint density at radius 1 is 0.447 bits per heavy atom. The van der Waals surface area contributed by atoms with Crippen molar-refractivity contribution in [2.45, 2.75) is 0 Å². The number of nitrogens with zero attached hydrogens (tertiary/aromatic N) is 3. The Morgan fingerprint density at radius 3 is 1.82 bits per heavy atom. The Labute approximate surface area is 218 Å². The topological polar surface area (TPSA) is 42.2 Å². The van der Waals surface area contributed by atoms with Gasteiger partial charge in [-0.25, -0.2) is 9.97 Å². The second kappa shape index (κ2) is 8.15. The lowest BCUT2D eigenvalue weighted by Gasteiger charge is -2.23. The third kappa shape index (κ3) is 3.31. The van der Waals surface area contributed by atoms with Gasteiger partial charge in [-0.2, -0.15) is 0 Å². The fourth-order valence-electron chi connectivity index (χ4n) is 5.36. The fraction of sp³-hybridized carbons (Fsp3) is 0. The van der Waals surface area contributed by atoms with Gasteiger partial charge in [0.2, 0.25) is 0 Å². The normalized spacial score (nSPS) is 11.7. The van der Waals surface area contributed by atoms with E-state index in [0.29, 0.717) is 0 Å². The third-order valence-electron chi connectivity index (χ3n) is 7.28. The van der Waals surface area contributed by atoms with Crippen molar-refractivity contribution >= 4 is 71.6 Å². The molecule has 0 saturated heterocycles. The van der Waals surface area contributed by atoms with Crippen LogP contribution in [0.4, 0.5) is 17.3 Å². The van der Waals surface area contributed by atoms with Gasteiger partial charge in [0.1, 0.15) is 22.8 Å². The fourth-order valence-corrected chi connectivity index (χ4v) is 5.36. The Bertz CT molecular complexity index is 2080. The van der Waals surface area contributed by atoms with Crippen molar-refractivity contribution < 1.29 is 4.42 Å². The molecule has 0 atom stereocenters. The molecule has 178 valence electrons. The van der Waals surface area contributed by atoms with Gasteiger partial charge in [-0.1, -0.05) is 78.9 Å². The maximum atomic E-state index is 6.38. The Morgan fingerprint density at radius 2 is 1.03 bits per heavy atom. The first-order chi connectivity index (χ1) is 18.8. The minimum Gasteiger partial charge on any atom is -0.456 e. The average molecular weight is 488 g/mol. The highest BCUT2D eigenvalue weighted by atomic mass is 16.3. The molecule has 3 heterocycles. The first-order valence-electron chi connectivity index (χ1n) is 12.6. The van der Waals surface area contributed by atoms with E-state index in [4.69, 9.17) is 14.4 Å². The van der Waals surface area contributed by atoms with Gasteiger partial charge in [0.25, 0.3) is 0 Å². The molecule has 0 N–H and O–H groups in total. The van der Waals surface area contributed by atoms with Gasteiger partial charge in [0.05, 0.1) is 0 Å². The molecule has 4 nitrogen and oxygen atoms in total. The number of anilines is 3. The molecule has 8 aromatic rings. The van der Waals surface area contributed by atoms with Gasteiger partial charge >= 0.3 is 0 Å². The number of furan rings is 1. The van der Waals surface area contributed by atoms with Crippen LogP contribution in [-0.4, -0.2) is 9.97 Å². The summed E-state index contributed by atoms with van der Waals surface area (Å²) < 4.78 is 6.38. The predicted molar refractivity (Wildman–Crippen MR) is 157 cm³/mol. The van der Waals surface area contributed by atoms with E-state index in [1.807, 2.05) is 24.5 Å². The number of benzene rings is 5. The summed E-state index contributed by atoms with van der Waals surface area (Å²) >= 11 is 0. The number of rotatable bonds is 3. The maximum Gasteiger partial charge on any atom is 0.142 e. The highest BCUT2D eigenvalue weighted by molar-refractivity contribution is 6.10. The van der Waals surface area contributed by atoms with Crippen molar-refractivity contribution in [1.82, 2.24) is 9.97 Å². The molecule has 8 rings (SSSR count). The summed E-state index contributed by atoms with van der Waals surface area (Å²) in [5.74, 6) is 1.55. The lowest BCUT2D eigenvalue weighted by Crippen LogP contribution is -2.13. The molecule has 0 amide bonds. The van der Waals surface area contributed by atoms with Crippen LogP contribution >= 0.6 is 0 Å². The van der Waals surface area contributed by atoms with E-state index in [9.17, 15) is 0 Å². The number of hydrogen-bond acceptors (Lipinski definition) is 4. The van der Waals surface area contributed by atoms with Crippen LogP contribution < -0.4 is 4.90 Å². The van der Waals surface area contributed by atoms with E-state index in [0.717, 1.165) is 60.8 Å². The molecular weight excluding hydrogens is 466 g/mol. The highest BCUT2D eigenvalue weighted by Crippen LogP contribution is 2.38. The zero-order chi connectivity index (χ0) is 25.1. The number of aromatic nitrogens is 2. The zero-order valence-electron chi connectivity index (χ0n) is 20.4. The molecular formula is C34H21N3O. The maximum absolute atomic E-state index is 6.38. The minimum absolute atomic E-state index is 0.749. The molecule has 0 radical (unpaired) electrons. The third-order valence-corrected chi connectivity index (χ3v) is 7.28. The molecule has 0 fully saturated rings. The number of fused-ring (bicyclic) bond motifs is 6. The molecule has 0 aliphatic heterocycles. The zero-order valence-corrected chi connectivity index (χ0v) is 20.4. The highest BCUT2D eigenvalue weighted by Gasteiger charge is 2.19. The van der Waals surface area contributed by atoms with Crippen LogP contribution in [0.5, 0.6) is 0 Å². The van der Waals surface area contributed by atoms with Gasteiger partial charge in [-0.3, -0.25) is 4.90 Å². The lowest BCUT2D eigenvalue weighted by atomic mass is 10.1. The standard InChI is InChI=1S/C34H21N3O/c1-2-8-23-15-28(14-13-22(23)7-1)37(33-18-26-11-5-6-12-27(26)20-35-33)34-19-32-30(21-36-34)29-16-24-9-3-4-10-25(24)17-31(29)38-32/h1-21H. The molecule has 0 aliphatic rings. The molecule has 0 saturated carbocycles. The van der Waals surface area contributed by atoms with Crippen LogP contribution in [-0.2, 0) is 0 Å². The largest absolute Gasteiger partial charge is 0.456 e. The van der Waals surface area contributed by atoms with Crippen LogP contribution in [0.1, 0.15) is 0 Å². The van der Waals surface area contributed by atoms with Crippen molar-refractivity contribution in [1.29, 1.82) is 0 Å². The SMILES string of the molecule is c1ccc2cc(N(c3cc4ccccc4cn3)c3cc4oc5cc6ccccc6cc5c4cn3)ccc2c1. The van der Waals surface area contributed by atoms with E-state index >= 15 is 0 Å². The second-order valence-electron chi connectivity index (χ2n) is 9.59. The van der Waals surface area contributed by atoms with E-state index in [1.165, 1.54) is 10.8 Å². The lowest BCUT2D eigenvalue weighted by molar-refractivity contribution is 0.669. The number of pyridine rings is 2. The molecule has 0 spiro atoms.